The van der Waals surface area contributed by atoms with Gasteiger partial charge in [-0.15, -0.1) is 0 Å². The molecule has 0 aliphatic rings. The van der Waals surface area contributed by atoms with E-state index in [-0.39, 0.29) is 11.6 Å². The summed E-state index contributed by atoms with van der Waals surface area (Å²) >= 11 is 0. The van der Waals surface area contributed by atoms with E-state index in [1.807, 2.05) is 49.7 Å². The van der Waals surface area contributed by atoms with Crippen LogP contribution in [0.5, 0.6) is 0 Å². The van der Waals surface area contributed by atoms with Gasteiger partial charge in [0.15, 0.2) is 0 Å². The second-order valence-electron chi connectivity index (χ2n) is 8.84. The lowest BCUT2D eigenvalue weighted by atomic mass is 10.0. The second kappa shape index (κ2) is 12.5. The Labute approximate surface area is 206 Å². The van der Waals surface area contributed by atoms with Crippen molar-refractivity contribution >= 4 is 17.5 Å². The molecule has 1 atom stereocenters. The minimum atomic E-state index is -0.189. The van der Waals surface area contributed by atoms with Crippen LogP contribution >= 0.6 is 0 Å². The van der Waals surface area contributed by atoms with E-state index in [0.717, 1.165) is 41.8 Å². The standard InChI is InChI=1S/C27H33N7O/c1-19(2)14-22(17-29)23-15-26(27(35)32-18-23)31-12-9-24(25-10-13-34(3)33-25)30-11-8-20-4-6-21(16-28)7-5-20/h4-7,10,13-15,17-19,24,29-31H,8-9,11-12H2,1-3H3,(H,32,35)/b22-14+,29-17?. The Kier molecular flexibility index (Phi) is 9.16. The van der Waals surface area contributed by atoms with Crippen LogP contribution in [-0.4, -0.2) is 34.1 Å². The number of pyridine rings is 1. The Balaban J connectivity index is 1.64. The Hall–Kier alpha value is -3.96. The third-order valence-electron chi connectivity index (χ3n) is 5.63. The van der Waals surface area contributed by atoms with Crippen LogP contribution in [0.4, 0.5) is 5.69 Å². The van der Waals surface area contributed by atoms with E-state index in [0.29, 0.717) is 23.7 Å². The number of H-pyrrole nitrogens is 1. The van der Waals surface area contributed by atoms with E-state index in [1.54, 1.807) is 16.9 Å². The van der Waals surface area contributed by atoms with Crippen molar-refractivity contribution in [2.75, 3.05) is 18.4 Å². The van der Waals surface area contributed by atoms with Gasteiger partial charge >= 0.3 is 0 Å². The Morgan fingerprint density at radius 3 is 2.66 bits per heavy atom. The number of aryl methyl sites for hydroxylation is 1. The van der Waals surface area contributed by atoms with E-state index in [1.165, 1.54) is 6.21 Å². The number of nitriles is 1. The van der Waals surface area contributed by atoms with Crippen molar-refractivity contribution in [2.24, 2.45) is 13.0 Å². The molecule has 3 aromatic rings. The molecule has 35 heavy (non-hydrogen) atoms. The number of hydrogen-bond acceptors (Lipinski definition) is 6. The zero-order chi connectivity index (χ0) is 25.2. The highest BCUT2D eigenvalue weighted by atomic mass is 16.1. The zero-order valence-electron chi connectivity index (χ0n) is 20.5. The molecule has 0 amide bonds. The summed E-state index contributed by atoms with van der Waals surface area (Å²) in [7, 11) is 1.90. The number of benzene rings is 1. The first-order valence-electron chi connectivity index (χ1n) is 11.8. The van der Waals surface area contributed by atoms with Gasteiger partial charge in [0.1, 0.15) is 5.69 Å². The number of hydrogen-bond donors (Lipinski definition) is 4. The largest absolute Gasteiger partial charge is 0.381 e. The van der Waals surface area contributed by atoms with Crippen molar-refractivity contribution in [2.45, 2.75) is 32.7 Å². The zero-order valence-corrected chi connectivity index (χ0v) is 20.5. The van der Waals surface area contributed by atoms with Crippen molar-refractivity contribution in [3.05, 3.63) is 87.6 Å². The minimum absolute atomic E-state index is 0.0160. The number of nitrogens with one attached hydrogen (secondary N) is 4. The van der Waals surface area contributed by atoms with Crippen LogP contribution in [0.2, 0.25) is 0 Å². The molecule has 0 saturated carbocycles. The smallest absolute Gasteiger partial charge is 0.271 e. The molecular formula is C27H33N7O. The van der Waals surface area contributed by atoms with Gasteiger partial charge in [-0.1, -0.05) is 32.1 Å². The second-order valence-corrected chi connectivity index (χ2v) is 8.84. The maximum atomic E-state index is 12.4. The quantitative estimate of drug-likeness (QED) is 0.297. The summed E-state index contributed by atoms with van der Waals surface area (Å²) in [5.74, 6) is 0.296. The Morgan fingerprint density at radius 1 is 1.26 bits per heavy atom. The topological polar surface area (TPSA) is 122 Å². The normalized spacial score (nSPS) is 12.4. The lowest BCUT2D eigenvalue weighted by Gasteiger charge is -2.18. The first-order chi connectivity index (χ1) is 16.9. The summed E-state index contributed by atoms with van der Waals surface area (Å²) in [6.07, 6.45) is 8.44. The third kappa shape index (κ3) is 7.52. The Morgan fingerprint density at radius 2 is 2.03 bits per heavy atom. The van der Waals surface area contributed by atoms with Crippen LogP contribution in [0.1, 0.15) is 48.7 Å². The van der Waals surface area contributed by atoms with Crippen molar-refractivity contribution in [1.82, 2.24) is 20.1 Å². The van der Waals surface area contributed by atoms with Crippen molar-refractivity contribution in [3.8, 4) is 6.07 Å². The fraction of sp³-hybridized carbons (Fsp3) is 0.333. The number of rotatable bonds is 12. The molecule has 1 unspecified atom stereocenters. The molecule has 1 aromatic carbocycles. The molecule has 182 valence electrons. The molecule has 4 N–H and O–H groups in total. The molecule has 0 bridgehead atoms. The number of aromatic nitrogens is 3. The van der Waals surface area contributed by atoms with Gasteiger partial charge < -0.3 is 21.0 Å². The Bertz CT molecular complexity index is 1250. The van der Waals surface area contributed by atoms with E-state index >= 15 is 0 Å². The predicted octanol–water partition coefficient (Wildman–Crippen LogP) is 4.04. The average Bonchev–Trinajstić information content (AvgIpc) is 3.29. The molecule has 0 radical (unpaired) electrons. The van der Waals surface area contributed by atoms with Crippen LogP contribution in [0, 0.1) is 22.7 Å². The van der Waals surface area contributed by atoms with Gasteiger partial charge in [0.05, 0.1) is 23.4 Å². The van der Waals surface area contributed by atoms with E-state index < -0.39 is 0 Å². The van der Waals surface area contributed by atoms with Gasteiger partial charge in [0.25, 0.3) is 5.56 Å². The first kappa shape index (κ1) is 25.7. The van der Waals surface area contributed by atoms with Crippen LogP contribution in [0.3, 0.4) is 0 Å². The number of aromatic amines is 1. The summed E-state index contributed by atoms with van der Waals surface area (Å²) < 4.78 is 1.78. The fourth-order valence-electron chi connectivity index (χ4n) is 3.83. The maximum Gasteiger partial charge on any atom is 0.271 e. The minimum Gasteiger partial charge on any atom is -0.381 e. The summed E-state index contributed by atoms with van der Waals surface area (Å²) in [4.78, 5) is 15.2. The summed E-state index contributed by atoms with van der Waals surface area (Å²) in [5.41, 5.74) is 4.64. The maximum absolute atomic E-state index is 12.4. The van der Waals surface area contributed by atoms with Gasteiger partial charge in [0, 0.05) is 37.8 Å². The molecule has 8 heteroatoms. The van der Waals surface area contributed by atoms with Gasteiger partial charge in [-0.05, 0) is 60.7 Å². The van der Waals surface area contributed by atoms with E-state index in [4.69, 9.17) is 10.7 Å². The highest BCUT2D eigenvalue weighted by molar-refractivity contribution is 6.08. The lowest BCUT2D eigenvalue weighted by molar-refractivity contribution is 0.496. The summed E-state index contributed by atoms with van der Waals surface area (Å²) in [6.45, 7) is 5.44. The monoisotopic (exact) mass is 471 g/mol. The van der Waals surface area contributed by atoms with Crippen LogP contribution in [0.25, 0.3) is 5.57 Å². The molecule has 2 heterocycles. The number of anilines is 1. The highest BCUT2D eigenvalue weighted by Crippen LogP contribution is 2.18. The fourth-order valence-corrected chi connectivity index (χ4v) is 3.83. The molecule has 0 spiro atoms. The van der Waals surface area contributed by atoms with E-state index in [9.17, 15) is 4.79 Å². The van der Waals surface area contributed by atoms with Crippen molar-refractivity contribution in [1.29, 1.82) is 10.7 Å². The van der Waals surface area contributed by atoms with E-state index in [2.05, 4.69) is 40.6 Å². The molecule has 0 fully saturated rings. The number of nitrogens with zero attached hydrogens (tertiary/aromatic N) is 3. The molecular weight excluding hydrogens is 438 g/mol. The molecule has 0 saturated heterocycles. The highest BCUT2D eigenvalue weighted by Gasteiger charge is 2.14. The van der Waals surface area contributed by atoms with Gasteiger partial charge in [-0.3, -0.25) is 9.48 Å². The lowest BCUT2D eigenvalue weighted by Crippen LogP contribution is -2.27. The molecule has 8 nitrogen and oxygen atoms in total. The molecule has 2 aromatic heterocycles. The summed E-state index contributed by atoms with van der Waals surface area (Å²) in [6, 6.07) is 13.6. The summed E-state index contributed by atoms with van der Waals surface area (Å²) in [5, 5.41) is 28.1. The molecule has 0 aliphatic heterocycles. The van der Waals surface area contributed by atoms with Crippen LogP contribution in [0.15, 0.2) is 59.7 Å². The SMILES string of the molecule is CC(C)/C=C(\C=N)c1c[nH]c(=O)c(NCCC(NCCc2ccc(C#N)cc2)c2ccn(C)n2)c1. The average molecular weight is 472 g/mol. The number of allylic oxidation sites excluding steroid dienone is 2. The van der Waals surface area contributed by atoms with Crippen molar-refractivity contribution in [3.63, 3.8) is 0 Å². The third-order valence-corrected chi connectivity index (χ3v) is 5.63. The van der Waals surface area contributed by atoms with Crippen LogP contribution < -0.4 is 16.2 Å². The molecule has 0 aliphatic carbocycles. The van der Waals surface area contributed by atoms with Gasteiger partial charge in [0.2, 0.25) is 0 Å². The van der Waals surface area contributed by atoms with Gasteiger partial charge in [-0.2, -0.15) is 10.4 Å². The first-order valence-corrected chi connectivity index (χ1v) is 11.8. The van der Waals surface area contributed by atoms with Gasteiger partial charge in [-0.25, -0.2) is 0 Å². The molecule has 3 rings (SSSR count). The van der Waals surface area contributed by atoms with Crippen molar-refractivity contribution < 1.29 is 0 Å². The van der Waals surface area contributed by atoms with Crippen LogP contribution in [-0.2, 0) is 13.5 Å². The predicted molar refractivity (Wildman–Crippen MR) is 141 cm³/mol.